The maximum absolute atomic E-state index is 12.8. The number of para-hydroxylation sites is 1. The van der Waals surface area contributed by atoms with Crippen LogP contribution < -0.4 is 0 Å². The molecule has 1 aromatic heterocycles. The molecule has 1 amide bonds. The minimum Gasteiger partial charge on any atom is -0.341 e. The van der Waals surface area contributed by atoms with Crippen LogP contribution in [-0.2, 0) is 14.6 Å². The van der Waals surface area contributed by atoms with Gasteiger partial charge in [0.05, 0.1) is 27.9 Å². The Labute approximate surface area is 195 Å². The van der Waals surface area contributed by atoms with Crippen molar-refractivity contribution in [2.75, 3.05) is 24.3 Å². The number of rotatable bonds is 7. The summed E-state index contributed by atoms with van der Waals surface area (Å²) in [6.45, 7) is 0. The fourth-order valence-corrected chi connectivity index (χ4v) is 6.36. The van der Waals surface area contributed by atoms with Crippen LogP contribution in [0.25, 0.3) is 16.9 Å². The molecule has 1 fully saturated rings. The lowest BCUT2D eigenvalue weighted by Crippen LogP contribution is -2.38. The van der Waals surface area contributed by atoms with Gasteiger partial charge in [0.2, 0.25) is 5.91 Å². The molecular formula is C22H22N4O5S2. The van der Waals surface area contributed by atoms with Gasteiger partial charge in [-0.2, -0.15) is 0 Å². The lowest BCUT2D eigenvalue weighted by molar-refractivity contribution is -0.384. The van der Waals surface area contributed by atoms with Crippen molar-refractivity contribution in [2.45, 2.75) is 17.6 Å². The minimum atomic E-state index is -3.09. The molecule has 1 unspecified atom stereocenters. The van der Waals surface area contributed by atoms with Crippen LogP contribution in [0.2, 0.25) is 0 Å². The summed E-state index contributed by atoms with van der Waals surface area (Å²) in [7, 11) is -1.45. The van der Waals surface area contributed by atoms with E-state index in [1.807, 2.05) is 34.9 Å². The first-order valence-corrected chi connectivity index (χ1v) is 13.0. The van der Waals surface area contributed by atoms with Crippen LogP contribution in [0.1, 0.15) is 6.42 Å². The van der Waals surface area contributed by atoms with E-state index < -0.39 is 14.8 Å². The summed E-state index contributed by atoms with van der Waals surface area (Å²) in [6.07, 6.45) is 2.24. The van der Waals surface area contributed by atoms with Crippen LogP contribution in [0.15, 0.2) is 66.0 Å². The summed E-state index contributed by atoms with van der Waals surface area (Å²) in [5, 5.41) is 11.7. The van der Waals surface area contributed by atoms with E-state index in [1.54, 1.807) is 25.4 Å². The maximum Gasteiger partial charge on any atom is 0.270 e. The van der Waals surface area contributed by atoms with Crippen LogP contribution >= 0.6 is 11.8 Å². The van der Waals surface area contributed by atoms with Crippen LogP contribution in [-0.4, -0.2) is 64.0 Å². The number of carbonyl (C=O) groups is 1. The highest BCUT2D eigenvalue weighted by atomic mass is 32.2. The predicted octanol–water partition coefficient (Wildman–Crippen LogP) is 3.19. The Hall–Kier alpha value is -3.18. The highest BCUT2D eigenvalue weighted by Gasteiger charge is 2.32. The lowest BCUT2D eigenvalue weighted by atomic mass is 10.1. The SMILES string of the molecule is CN(C(=O)CSc1nc(-c2cccc([N+](=O)[O-])c2)cn1-c1ccccc1)C1CCS(=O)(=O)C1. The van der Waals surface area contributed by atoms with Crippen molar-refractivity contribution >= 4 is 33.2 Å². The summed E-state index contributed by atoms with van der Waals surface area (Å²) in [5.41, 5.74) is 1.96. The van der Waals surface area contributed by atoms with E-state index in [9.17, 15) is 23.3 Å². The van der Waals surface area contributed by atoms with Gasteiger partial charge >= 0.3 is 0 Å². The van der Waals surface area contributed by atoms with Gasteiger partial charge in [-0.3, -0.25) is 19.5 Å². The van der Waals surface area contributed by atoms with Crippen molar-refractivity contribution < 1.29 is 18.1 Å². The van der Waals surface area contributed by atoms with E-state index in [0.29, 0.717) is 22.8 Å². The van der Waals surface area contributed by atoms with Gasteiger partial charge in [0, 0.05) is 42.7 Å². The molecule has 3 aromatic rings. The summed E-state index contributed by atoms with van der Waals surface area (Å²) < 4.78 is 25.3. The zero-order valence-electron chi connectivity index (χ0n) is 17.8. The van der Waals surface area contributed by atoms with E-state index >= 15 is 0 Å². The number of amides is 1. The average Bonchev–Trinajstić information content (AvgIpc) is 3.40. The highest BCUT2D eigenvalue weighted by Crippen LogP contribution is 2.29. The second kappa shape index (κ2) is 9.36. The molecule has 0 saturated carbocycles. The monoisotopic (exact) mass is 486 g/mol. The first kappa shape index (κ1) is 23.0. The zero-order chi connectivity index (χ0) is 23.6. The molecule has 0 spiro atoms. The normalized spacial score (nSPS) is 17.1. The number of thioether (sulfide) groups is 1. The number of nitro groups is 1. The van der Waals surface area contributed by atoms with Crippen LogP contribution in [0.3, 0.4) is 0 Å². The van der Waals surface area contributed by atoms with E-state index in [4.69, 9.17) is 0 Å². The number of hydrogen-bond donors (Lipinski definition) is 0. The Morgan fingerprint density at radius 3 is 2.67 bits per heavy atom. The number of imidazole rings is 1. The average molecular weight is 487 g/mol. The van der Waals surface area contributed by atoms with Crippen LogP contribution in [0, 0.1) is 10.1 Å². The zero-order valence-corrected chi connectivity index (χ0v) is 19.5. The van der Waals surface area contributed by atoms with Crippen molar-refractivity contribution in [1.29, 1.82) is 0 Å². The van der Waals surface area contributed by atoms with E-state index in [2.05, 4.69) is 4.98 Å². The van der Waals surface area contributed by atoms with E-state index in [1.165, 1.54) is 28.8 Å². The van der Waals surface area contributed by atoms with Crippen molar-refractivity contribution in [1.82, 2.24) is 14.5 Å². The number of non-ortho nitro benzene ring substituents is 1. The van der Waals surface area contributed by atoms with E-state index in [0.717, 1.165) is 5.69 Å². The maximum atomic E-state index is 12.8. The molecule has 11 heteroatoms. The molecule has 172 valence electrons. The Bertz CT molecular complexity index is 1290. The summed E-state index contributed by atoms with van der Waals surface area (Å²) in [6, 6.07) is 15.4. The summed E-state index contributed by atoms with van der Waals surface area (Å²) >= 11 is 1.24. The van der Waals surface area contributed by atoms with Gasteiger partial charge in [-0.1, -0.05) is 42.1 Å². The number of nitro benzene ring substituents is 1. The quantitative estimate of drug-likeness (QED) is 0.286. The fourth-order valence-electron chi connectivity index (χ4n) is 3.67. The second-order valence-corrected chi connectivity index (χ2v) is 10.9. The Morgan fingerprint density at radius 2 is 2.00 bits per heavy atom. The molecule has 2 heterocycles. The molecule has 1 saturated heterocycles. The molecule has 0 radical (unpaired) electrons. The van der Waals surface area contributed by atoms with Gasteiger partial charge in [-0.15, -0.1) is 0 Å². The molecule has 4 rings (SSSR count). The molecular weight excluding hydrogens is 464 g/mol. The molecule has 0 bridgehead atoms. The third-order valence-corrected chi connectivity index (χ3v) is 8.22. The Morgan fingerprint density at radius 1 is 1.24 bits per heavy atom. The van der Waals surface area contributed by atoms with Crippen molar-refractivity contribution in [3.8, 4) is 16.9 Å². The van der Waals surface area contributed by atoms with Gasteiger partial charge in [-0.25, -0.2) is 13.4 Å². The van der Waals surface area contributed by atoms with Crippen LogP contribution in [0.4, 0.5) is 5.69 Å². The first-order chi connectivity index (χ1) is 15.7. The molecule has 9 nitrogen and oxygen atoms in total. The standard InChI is InChI=1S/C22H22N4O5S2/c1-24(19-10-11-33(30,31)15-19)21(27)14-32-22-23-20(13-25(22)17-7-3-2-4-8-17)16-6-5-9-18(12-16)26(28)29/h2-9,12-13,19H,10-11,14-15H2,1H3. The van der Waals surface area contributed by atoms with Gasteiger partial charge < -0.3 is 4.90 Å². The van der Waals surface area contributed by atoms with E-state index in [-0.39, 0.29) is 34.9 Å². The molecule has 33 heavy (non-hydrogen) atoms. The van der Waals surface area contributed by atoms with Crippen LogP contribution in [0.5, 0.6) is 0 Å². The first-order valence-electron chi connectivity index (χ1n) is 10.2. The predicted molar refractivity (Wildman–Crippen MR) is 126 cm³/mol. The molecule has 1 aliphatic rings. The summed E-state index contributed by atoms with van der Waals surface area (Å²) in [5.74, 6) is 0.00960. The smallest absolute Gasteiger partial charge is 0.270 e. The molecule has 1 atom stereocenters. The third-order valence-electron chi connectivity index (χ3n) is 5.53. The Balaban J connectivity index is 1.58. The molecule has 0 N–H and O–H groups in total. The van der Waals surface area contributed by atoms with Crippen molar-refractivity contribution in [3.05, 3.63) is 70.9 Å². The fraction of sp³-hybridized carbons (Fsp3) is 0.273. The molecule has 0 aliphatic carbocycles. The number of sulfone groups is 1. The van der Waals surface area contributed by atoms with Gasteiger partial charge in [0.25, 0.3) is 5.69 Å². The Kier molecular flexibility index (Phi) is 6.52. The second-order valence-electron chi connectivity index (χ2n) is 7.77. The summed E-state index contributed by atoms with van der Waals surface area (Å²) in [4.78, 5) is 29.6. The number of benzene rings is 2. The number of aromatic nitrogens is 2. The minimum absolute atomic E-state index is 0.00448. The van der Waals surface area contributed by atoms with Crippen molar-refractivity contribution in [3.63, 3.8) is 0 Å². The number of carbonyl (C=O) groups excluding carboxylic acids is 1. The van der Waals surface area contributed by atoms with Gasteiger partial charge in [0.1, 0.15) is 0 Å². The molecule has 1 aliphatic heterocycles. The highest BCUT2D eigenvalue weighted by molar-refractivity contribution is 7.99. The third kappa shape index (κ3) is 5.25. The largest absolute Gasteiger partial charge is 0.341 e. The number of hydrogen-bond acceptors (Lipinski definition) is 7. The lowest BCUT2D eigenvalue weighted by Gasteiger charge is -2.23. The number of nitrogens with zero attached hydrogens (tertiary/aromatic N) is 4. The van der Waals surface area contributed by atoms with Gasteiger partial charge in [-0.05, 0) is 18.6 Å². The van der Waals surface area contributed by atoms with Gasteiger partial charge in [0.15, 0.2) is 15.0 Å². The topological polar surface area (TPSA) is 115 Å². The molecule has 2 aromatic carbocycles. The van der Waals surface area contributed by atoms with Crippen molar-refractivity contribution in [2.24, 2.45) is 0 Å².